The summed E-state index contributed by atoms with van der Waals surface area (Å²) in [5.41, 5.74) is 1.90. The second-order valence-corrected chi connectivity index (χ2v) is 8.12. The molecule has 2 aromatic rings. The van der Waals surface area contributed by atoms with E-state index >= 15 is 0 Å². The molecule has 28 heavy (non-hydrogen) atoms. The molecule has 1 saturated heterocycles. The molecule has 1 fully saturated rings. The number of Topliss-reactive ketones (excluding diaryl/α,β-unsaturated/α-hetero) is 1. The lowest BCUT2D eigenvalue weighted by Gasteiger charge is -2.31. The maximum Gasteiger partial charge on any atom is 0.226 e. The van der Waals surface area contributed by atoms with Gasteiger partial charge in [-0.15, -0.1) is 0 Å². The molecule has 2 heterocycles. The molecule has 0 aliphatic carbocycles. The molecular formula is C23H32N2O3. The molecule has 1 aliphatic heterocycles. The molecule has 0 unspecified atom stereocenters. The first-order valence-corrected chi connectivity index (χ1v) is 10.4. The number of carbonyl (C=O) groups is 1. The molecule has 0 amide bonds. The number of hydrogen-bond acceptors (Lipinski definition) is 5. The molecule has 3 rings (SSSR count). The van der Waals surface area contributed by atoms with Crippen molar-refractivity contribution in [2.45, 2.75) is 53.5 Å². The molecular weight excluding hydrogens is 352 g/mol. The lowest BCUT2D eigenvalue weighted by atomic mass is 9.89. The molecule has 0 saturated carbocycles. The quantitative estimate of drug-likeness (QED) is 0.649. The molecule has 0 radical (unpaired) electrons. The average molecular weight is 385 g/mol. The van der Waals surface area contributed by atoms with Gasteiger partial charge >= 0.3 is 0 Å². The number of aromatic nitrogens is 1. The van der Waals surface area contributed by atoms with Crippen LogP contribution in [0.2, 0.25) is 0 Å². The standard InChI is InChI=1S/C23H32N2O3/c1-5-27-20-10-8-18(9-11-20)23-24-21(17(4)28-23)15-25-12-6-7-19(14-25)22(26)13-16(2)3/h8-11,16,19H,5-7,12-15H2,1-4H3/t19-/m1/s1. The zero-order valence-electron chi connectivity index (χ0n) is 17.5. The minimum absolute atomic E-state index is 0.161. The van der Waals surface area contributed by atoms with Crippen molar-refractivity contribution in [1.29, 1.82) is 0 Å². The van der Waals surface area contributed by atoms with E-state index in [1.54, 1.807) is 0 Å². The Labute approximate surface area is 168 Å². The summed E-state index contributed by atoms with van der Waals surface area (Å²) < 4.78 is 11.4. The number of ether oxygens (including phenoxy) is 1. The molecule has 5 heteroatoms. The number of likely N-dealkylation sites (tertiary alicyclic amines) is 1. The van der Waals surface area contributed by atoms with Crippen molar-refractivity contribution in [3.63, 3.8) is 0 Å². The van der Waals surface area contributed by atoms with E-state index in [2.05, 4.69) is 18.7 Å². The smallest absolute Gasteiger partial charge is 0.226 e. The van der Waals surface area contributed by atoms with E-state index in [1.165, 1.54) is 0 Å². The number of carbonyl (C=O) groups excluding carboxylic acids is 1. The van der Waals surface area contributed by atoms with E-state index in [1.807, 2.05) is 38.1 Å². The predicted octanol–water partition coefficient (Wildman–Crippen LogP) is 4.88. The Morgan fingerprint density at radius 1 is 1.32 bits per heavy atom. The zero-order chi connectivity index (χ0) is 20.1. The van der Waals surface area contributed by atoms with Gasteiger partial charge in [0.05, 0.1) is 12.3 Å². The highest BCUT2D eigenvalue weighted by atomic mass is 16.5. The molecule has 1 aromatic heterocycles. The van der Waals surface area contributed by atoms with Crippen LogP contribution in [0.1, 0.15) is 51.5 Å². The normalized spacial score (nSPS) is 17.8. The van der Waals surface area contributed by atoms with Crippen LogP contribution in [0.5, 0.6) is 5.75 Å². The third-order valence-corrected chi connectivity index (χ3v) is 5.25. The summed E-state index contributed by atoms with van der Waals surface area (Å²) in [4.78, 5) is 19.5. The summed E-state index contributed by atoms with van der Waals surface area (Å²) in [7, 11) is 0. The van der Waals surface area contributed by atoms with Crippen LogP contribution in [0, 0.1) is 18.8 Å². The van der Waals surface area contributed by atoms with Crippen molar-refractivity contribution in [2.75, 3.05) is 19.7 Å². The number of aryl methyl sites for hydroxylation is 1. The predicted molar refractivity (Wildman–Crippen MR) is 110 cm³/mol. The van der Waals surface area contributed by atoms with Crippen molar-refractivity contribution in [2.24, 2.45) is 11.8 Å². The third-order valence-electron chi connectivity index (χ3n) is 5.25. The first-order valence-electron chi connectivity index (χ1n) is 10.4. The van der Waals surface area contributed by atoms with Crippen LogP contribution in [-0.4, -0.2) is 35.4 Å². The van der Waals surface area contributed by atoms with Gasteiger partial charge in [-0.1, -0.05) is 13.8 Å². The van der Waals surface area contributed by atoms with Crippen LogP contribution < -0.4 is 4.74 Å². The Bertz CT molecular complexity index is 780. The van der Waals surface area contributed by atoms with E-state index < -0.39 is 0 Å². The number of rotatable bonds is 8. The molecule has 0 spiro atoms. The highest BCUT2D eigenvalue weighted by molar-refractivity contribution is 5.81. The van der Waals surface area contributed by atoms with Crippen LogP contribution in [0.25, 0.3) is 11.5 Å². The fourth-order valence-corrected chi connectivity index (χ4v) is 3.80. The summed E-state index contributed by atoms with van der Waals surface area (Å²) >= 11 is 0. The average Bonchev–Trinajstić information content (AvgIpc) is 3.03. The van der Waals surface area contributed by atoms with Gasteiger partial charge in [-0.3, -0.25) is 9.69 Å². The number of nitrogens with zero attached hydrogens (tertiary/aromatic N) is 2. The molecule has 1 atom stereocenters. The Morgan fingerprint density at radius 2 is 2.07 bits per heavy atom. The zero-order valence-corrected chi connectivity index (χ0v) is 17.5. The van der Waals surface area contributed by atoms with Crippen molar-refractivity contribution in [3.05, 3.63) is 35.7 Å². The molecule has 0 N–H and O–H groups in total. The van der Waals surface area contributed by atoms with Crippen LogP contribution >= 0.6 is 0 Å². The maximum absolute atomic E-state index is 12.5. The Kier molecular flexibility index (Phi) is 6.89. The summed E-state index contributed by atoms with van der Waals surface area (Å²) in [5.74, 6) is 3.33. The van der Waals surface area contributed by atoms with Crippen molar-refractivity contribution in [1.82, 2.24) is 9.88 Å². The number of benzene rings is 1. The summed E-state index contributed by atoms with van der Waals surface area (Å²) in [6.45, 7) is 11.4. The van der Waals surface area contributed by atoms with E-state index in [4.69, 9.17) is 14.1 Å². The molecule has 152 valence electrons. The summed E-state index contributed by atoms with van der Waals surface area (Å²) in [6, 6.07) is 7.82. The van der Waals surface area contributed by atoms with Gasteiger partial charge in [0.2, 0.25) is 5.89 Å². The Morgan fingerprint density at radius 3 is 2.75 bits per heavy atom. The van der Waals surface area contributed by atoms with E-state index in [0.29, 0.717) is 30.6 Å². The fourth-order valence-electron chi connectivity index (χ4n) is 3.80. The largest absolute Gasteiger partial charge is 0.494 e. The van der Waals surface area contributed by atoms with Crippen molar-refractivity contribution >= 4 is 5.78 Å². The van der Waals surface area contributed by atoms with E-state index in [-0.39, 0.29) is 5.92 Å². The lowest BCUT2D eigenvalue weighted by Crippen LogP contribution is -2.38. The second kappa shape index (κ2) is 9.37. The summed E-state index contributed by atoms with van der Waals surface area (Å²) in [6.07, 6.45) is 2.76. The van der Waals surface area contributed by atoms with Gasteiger partial charge in [-0.25, -0.2) is 4.98 Å². The maximum atomic E-state index is 12.5. The Balaban J connectivity index is 1.65. The highest BCUT2D eigenvalue weighted by Crippen LogP contribution is 2.26. The first kappa shape index (κ1) is 20.6. The second-order valence-electron chi connectivity index (χ2n) is 8.12. The van der Waals surface area contributed by atoms with Gasteiger partial charge in [-0.2, -0.15) is 0 Å². The molecule has 1 aromatic carbocycles. The first-order chi connectivity index (χ1) is 13.5. The van der Waals surface area contributed by atoms with Crippen LogP contribution in [0.15, 0.2) is 28.7 Å². The lowest BCUT2D eigenvalue weighted by molar-refractivity contribution is -0.125. The van der Waals surface area contributed by atoms with Gasteiger partial charge < -0.3 is 9.15 Å². The minimum Gasteiger partial charge on any atom is -0.494 e. The number of oxazole rings is 1. The van der Waals surface area contributed by atoms with Gasteiger partial charge in [0, 0.05) is 31.0 Å². The van der Waals surface area contributed by atoms with Crippen molar-refractivity contribution < 1.29 is 13.9 Å². The van der Waals surface area contributed by atoms with Crippen LogP contribution in [0.3, 0.4) is 0 Å². The third kappa shape index (κ3) is 5.22. The number of piperidine rings is 1. The fraction of sp³-hybridized carbons (Fsp3) is 0.565. The van der Waals surface area contributed by atoms with Crippen molar-refractivity contribution in [3.8, 4) is 17.2 Å². The molecule has 0 bridgehead atoms. The molecule has 1 aliphatic rings. The highest BCUT2D eigenvalue weighted by Gasteiger charge is 2.27. The number of hydrogen-bond donors (Lipinski definition) is 0. The minimum atomic E-state index is 0.161. The van der Waals surface area contributed by atoms with Gasteiger partial charge in [-0.05, 0) is 63.4 Å². The molecule has 5 nitrogen and oxygen atoms in total. The topological polar surface area (TPSA) is 55.6 Å². The van der Waals surface area contributed by atoms with Gasteiger partial charge in [0.25, 0.3) is 0 Å². The Hall–Kier alpha value is -2.14. The van der Waals surface area contributed by atoms with Crippen LogP contribution in [-0.2, 0) is 11.3 Å². The van der Waals surface area contributed by atoms with E-state index in [9.17, 15) is 4.79 Å². The van der Waals surface area contributed by atoms with Crippen LogP contribution in [0.4, 0.5) is 0 Å². The van der Waals surface area contributed by atoms with Gasteiger partial charge in [0.1, 0.15) is 17.3 Å². The monoisotopic (exact) mass is 384 g/mol. The SMILES string of the molecule is CCOc1ccc(-c2nc(CN3CCC[C@@H](C(=O)CC(C)C)C3)c(C)o2)cc1. The summed E-state index contributed by atoms with van der Waals surface area (Å²) in [5, 5.41) is 0. The van der Waals surface area contributed by atoms with Gasteiger partial charge in [0.15, 0.2) is 0 Å². The van der Waals surface area contributed by atoms with E-state index in [0.717, 1.165) is 55.2 Å². The number of ketones is 1.